The molecule has 3 rings (SSSR count). The normalized spacial score (nSPS) is 10.8. The number of ether oxygens (including phenoxy) is 2. The number of rotatable bonds is 8. The molecule has 0 saturated carbocycles. The van der Waals surface area contributed by atoms with Crippen LogP contribution in [-0.2, 0) is 19.7 Å². The average Bonchev–Trinajstić information content (AvgIpc) is 2.70. The number of nitrogens with one attached hydrogen (secondary N) is 1. The molecule has 0 heterocycles. The molecule has 1 N–H and O–H groups in total. The van der Waals surface area contributed by atoms with Crippen LogP contribution in [0.25, 0.3) is 0 Å². The number of hydrogen-bond donors (Lipinski definition) is 1. The van der Waals surface area contributed by atoms with E-state index >= 15 is 0 Å². The molecule has 0 atom stereocenters. The van der Waals surface area contributed by atoms with Crippen LogP contribution in [0.5, 0.6) is 11.5 Å². The molecule has 3 aromatic rings. The van der Waals surface area contributed by atoms with Crippen molar-refractivity contribution in [1.82, 2.24) is 5.32 Å². The molecule has 0 aliphatic rings. The molecule has 0 radical (unpaired) electrons. The van der Waals surface area contributed by atoms with Gasteiger partial charge < -0.3 is 14.8 Å². The largest absolute Gasteiger partial charge is 0.493 e. The number of hydrogen-bond acceptors (Lipinski definition) is 3. The zero-order valence-corrected chi connectivity index (χ0v) is 18.7. The summed E-state index contributed by atoms with van der Waals surface area (Å²) in [6, 6.07) is 15.4. The predicted molar refractivity (Wildman–Crippen MR) is 118 cm³/mol. The van der Waals surface area contributed by atoms with Gasteiger partial charge >= 0.3 is 0 Å². The molecular weight excluding hydrogens is 480 g/mol. The van der Waals surface area contributed by atoms with Gasteiger partial charge in [0, 0.05) is 38.7 Å². The van der Waals surface area contributed by atoms with E-state index in [0.29, 0.717) is 34.6 Å². The van der Waals surface area contributed by atoms with Crippen LogP contribution in [0.4, 0.5) is 4.39 Å². The first-order valence-electron chi connectivity index (χ1n) is 8.85. The van der Waals surface area contributed by atoms with Crippen LogP contribution >= 0.6 is 39.1 Å². The lowest BCUT2D eigenvalue weighted by Gasteiger charge is -2.18. The Morgan fingerprint density at radius 2 is 1.76 bits per heavy atom. The lowest BCUT2D eigenvalue weighted by molar-refractivity contribution is 0.280. The Bertz CT molecular complexity index is 983. The van der Waals surface area contributed by atoms with Crippen molar-refractivity contribution in [3.63, 3.8) is 0 Å². The molecular formula is C22H19BrCl2FNO2. The van der Waals surface area contributed by atoms with Gasteiger partial charge in [-0.15, -0.1) is 0 Å². The number of halogens is 4. The van der Waals surface area contributed by atoms with Crippen LogP contribution in [-0.4, -0.2) is 7.11 Å². The highest BCUT2D eigenvalue weighted by Crippen LogP contribution is 2.37. The van der Waals surface area contributed by atoms with E-state index in [4.69, 9.17) is 32.7 Å². The maximum Gasteiger partial charge on any atom is 0.167 e. The Morgan fingerprint density at radius 3 is 2.45 bits per heavy atom. The molecule has 0 spiro atoms. The van der Waals surface area contributed by atoms with Crippen LogP contribution in [0, 0.1) is 5.82 Å². The van der Waals surface area contributed by atoms with E-state index in [2.05, 4.69) is 21.2 Å². The van der Waals surface area contributed by atoms with Crippen LogP contribution in [0.3, 0.4) is 0 Å². The maximum atomic E-state index is 13.1. The molecule has 0 bridgehead atoms. The van der Waals surface area contributed by atoms with Crippen molar-refractivity contribution in [1.29, 1.82) is 0 Å². The summed E-state index contributed by atoms with van der Waals surface area (Å²) in [6.07, 6.45) is 0. The van der Waals surface area contributed by atoms with Crippen molar-refractivity contribution in [3.05, 3.63) is 91.6 Å². The molecule has 29 heavy (non-hydrogen) atoms. The summed E-state index contributed by atoms with van der Waals surface area (Å²) in [7, 11) is 1.60. The van der Waals surface area contributed by atoms with E-state index in [9.17, 15) is 4.39 Å². The predicted octanol–water partition coefficient (Wildman–Crippen LogP) is 6.77. The summed E-state index contributed by atoms with van der Waals surface area (Å²) in [6.45, 7) is 1.39. The molecule has 0 amide bonds. The van der Waals surface area contributed by atoms with Crippen molar-refractivity contribution in [2.45, 2.75) is 19.7 Å². The summed E-state index contributed by atoms with van der Waals surface area (Å²) in [5.74, 6) is 0.997. The fourth-order valence-electron chi connectivity index (χ4n) is 2.79. The molecule has 3 aromatic carbocycles. The van der Waals surface area contributed by atoms with Gasteiger partial charge in [0.1, 0.15) is 12.4 Å². The van der Waals surface area contributed by atoms with Gasteiger partial charge in [0.15, 0.2) is 11.5 Å². The first-order valence-corrected chi connectivity index (χ1v) is 10.4. The lowest BCUT2D eigenvalue weighted by atomic mass is 10.1. The molecule has 0 fully saturated rings. The second kappa shape index (κ2) is 10.3. The Balaban J connectivity index is 1.76. The van der Waals surface area contributed by atoms with E-state index in [0.717, 1.165) is 21.2 Å². The highest BCUT2D eigenvalue weighted by molar-refractivity contribution is 9.10. The van der Waals surface area contributed by atoms with E-state index in [1.54, 1.807) is 31.4 Å². The van der Waals surface area contributed by atoms with Crippen molar-refractivity contribution in [3.8, 4) is 11.5 Å². The fourth-order valence-corrected chi connectivity index (χ4v) is 3.70. The van der Waals surface area contributed by atoms with Crippen LogP contribution in [0.2, 0.25) is 10.0 Å². The highest BCUT2D eigenvalue weighted by Gasteiger charge is 2.15. The monoisotopic (exact) mass is 497 g/mol. The minimum absolute atomic E-state index is 0.249. The summed E-state index contributed by atoms with van der Waals surface area (Å²) in [5.41, 5.74) is 2.72. The van der Waals surface area contributed by atoms with Crippen LogP contribution in [0.1, 0.15) is 16.7 Å². The van der Waals surface area contributed by atoms with E-state index in [1.165, 1.54) is 12.1 Å². The lowest BCUT2D eigenvalue weighted by Crippen LogP contribution is -2.14. The molecule has 0 aliphatic carbocycles. The first kappa shape index (κ1) is 21.9. The molecule has 3 nitrogen and oxygen atoms in total. The summed E-state index contributed by atoms with van der Waals surface area (Å²) < 4.78 is 25.5. The van der Waals surface area contributed by atoms with Gasteiger partial charge in [-0.2, -0.15) is 0 Å². The second-order valence-corrected chi connectivity index (χ2v) is 8.01. The van der Waals surface area contributed by atoms with Crippen molar-refractivity contribution >= 4 is 39.1 Å². The number of methoxy groups -OCH3 is 1. The first-order chi connectivity index (χ1) is 14.0. The second-order valence-electron chi connectivity index (χ2n) is 6.31. The third-order valence-corrected chi connectivity index (χ3v) is 5.65. The third-order valence-electron chi connectivity index (χ3n) is 4.32. The Kier molecular flexibility index (Phi) is 7.78. The maximum absolute atomic E-state index is 13.1. The van der Waals surface area contributed by atoms with Gasteiger partial charge in [-0.1, -0.05) is 57.3 Å². The Labute approximate surface area is 187 Å². The van der Waals surface area contributed by atoms with Gasteiger partial charge in [0.25, 0.3) is 0 Å². The van der Waals surface area contributed by atoms with Crippen LogP contribution in [0.15, 0.2) is 59.1 Å². The zero-order valence-electron chi connectivity index (χ0n) is 15.6. The molecule has 0 unspecified atom stereocenters. The van der Waals surface area contributed by atoms with E-state index in [1.807, 2.05) is 18.2 Å². The van der Waals surface area contributed by atoms with Gasteiger partial charge in [-0.25, -0.2) is 4.39 Å². The molecule has 152 valence electrons. The van der Waals surface area contributed by atoms with Crippen molar-refractivity contribution < 1.29 is 13.9 Å². The minimum Gasteiger partial charge on any atom is -0.493 e. The van der Waals surface area contributed by atoms with E-state index < -0.39 is 0 Å². The third kappa shape index (κ3) is 5.86. The fraction of sp³-hybridized carbons (Fsp3) is 0.182. The van der Waals surface area contributed by atoms with Gasteiger partial charge in [-0.05, 0) is 42.0 Å². The topological polar surface area (TPSA) is 30.5 Å². The molecule has 7 heteroatoms. The molecule has 0 aliphatic heterocycles. The summed E-state index contributed by atoms with van der Waals surface area (Å²) >= 11 is 15.8. The van der Waals surface area contributed by atoms with Gasteiger partial charge in [-0.3, -0.25) is 0 Å². The zero-order chi connectivity index (χ0) is 20.8. The summed E-state index contributed by atoms with van der Waals surface area (Å²) in [5, 5.41) is 4.47. The minimum atomic E-state index is -0.249. The Morgan fingerprint density at radius 1 is 1.00 bits per heavy atom. The standard InChI is InChI=1S/C22H19BrCl2FNO2/c1-28-21-9-8-19(23)18(12-27-11-14-2-6-17(26)7-3-14)22(21)29-13-15-4-5-16(24)10-20(15)25/h2-10,27H,11-13H2,1H3. The Hall–Kier alpha value is -1.79. The molecule has 0 saturated heterocycles. The number of benzene rings is 3. The van der Waals surface area contributed by atoms with Crippen molar-refractivity contribution in [2.75, 3.05) is 7.11 Å². The van der Waals surface area contributed by atoms with Crippen LogP contribution < -0.4 is 14.8 Å². The van der Waals surface area contributed by atoms with Gasteiger partial charge in [0.2, 0.25) is 0 Å². The summed E-state index contributed by atoms with van der Waals surface area (Å²) in [4.78, 5) is 0. The van der Waals surface area contributed by atoms with Gasteiger partial charge in [0.05, 0.1) is 7.11 Å². The quantitative estimate of drug-likeness (QED) is 0.371. The molecule has 0 aromatic heterocycles. The van der Waals surface area contributed by atoms with E-state index in [-0.39, 0.29) is 12.4 Å². The van der Waals surface area contributed by atoms with Crippen molar-refractivity contribution in [2.24, 2.45) is 0 Å². The highest BCUT2D eigenvalue weighted by atomic mass is 79.9. The SMILES string of the molecule is COc1ccc(Br)c(CNCc2ccc(F)cc2)c1OCc1ccc(Cl)cc1Cl. The smallest absolute Gasteiger partial charge is 0.167 e. The average molecular weight is 499 g/mol.